The fourth-order valence-corrected chi connectivity index (χ4v) is 2.91. The first-order valence-electron chi connectivity index (χ1n) is 8.02. The van der Waals surface area contributed by atoms with Crippen molar-refractivity contribution >= 4 is 6.03 Å². The van der Waals surface area contributed by atoms with Gasteiger partial charge in [-0.15, -0.1) is 0 Å². The second-order valence-electron chi connectivity index (χ2n) is 5.81. The summed E-state index contributed by atoms with van der Waals surface area (Å²) in [5.74, 6) is 0. The topological polar surface area (TPSA) is 61.4 Å². The smallest absolute Gasteiger partial charge is 0.315 e. The first-order valence-corrected chi connectivity index (χ1v) is 8.02. The fourth-order valence-electron chi connectivity index (χ4n) is 2.91. The van der Waals surface area contributed by atoms with Crippen LogP contribution in [0, 0.1) is 0 Å². The quantitative estimate of drug-likeness (QED) is 0.798. The maximum absolute atomic E-state index is 12.1. The van der Waals surface area contributed by atoms with E-state index in [4.69, 9.17) is 0 Å². The third-order valence-electron chi connectivity index (χ3n) is 4.13. The largest absolute Gasteiger partial charge is 0.394 e. The second-order valence-corrected chi connectivity index (χ2v) is 5.81. The highest BCUT2D eigenvalue weighted by atomic mass is 16.3. The monoisotopic (exact) mass is 290 g/mol. The van der Waals surface area contributed by atoms with Gasteiger partial charge in [-0.1, -0.05) is 62.4 Å². The van der Waals surface area contributed by atoms with Crippen molar-refractivity contribution < 1.29 is 9.90 Å². The number of amides is 2. The van der Waals surface area contributed by atoms with Crippen LogP contribution >= 0.6 is 0 Å². The van der Waals surface area contributed by atoms with Gasteiger partial charge in [-0.25, -0.2) is 4.79 Å². The predicted molar refractivity (Wildman–Crippen MR) is 84.0 cm³/mol. The number of rotatable bonds is 4. The molecule has 116 valence electrons. The van der Waals surface area contributed by atoms with Gasteiger partial charge in [0.25, 0.3) is 0 Å². The molecule has 0 saturated heterocycles. The number of benzene rings is 1. The van der Waals surface area contributed by atoms with Crippen LogP contribution in [0.2, 0.25) is 0 Å². The van der Waals surface area contributed by atoms with E-state index in [0.29, 0.717) is 0 Å². The number of carbonyl (C=O) groups excluding carboxylic acids is 1. The van der Waals surface area contributed by atoms with Gasteiger partial charge in [0.2, 0.25) is 0 Å². The molecule has 1 unspecified atom stereocenters. The van der Waals surface area contributed by atoms with E-state index >= 15 is 0 Å². The summed E-state index contributed by atoms with van der Waals surface area (Å²) in [5, 5.41) is 15.4. The molecule has 4 heteroatoms. The minimum absolute atomic E-state index is 0.0951. The van der Waals surface area contributed by atoms with Gasteiger partial charge in [-0.2, -0.15) is 0 Å². The van der Waals surface area contributed by atoms with Crippen LogP contribution in [0.5, 0.6) is 0 Å². The van der Waals surface area contributed by atoms with Crippen molar-refractivity contribution in [2.75, 3.05) is 6.61 Å². The summed E-state index contributed by atoms with van der Waals surface area (Å²) in [6.07, 6.45) is 8.34. The van der Waals surface area contributed by atoms with Crippen LogP contribution in [0.4, 0.5) is 4.79 Å². The third kappa shape index (κ3) is 5.38. The molecule has 1 aliphatic carbocycles. The number of nitrogens with one attached hydrogen (secondary N) is 2. The van der Waals surface area contributed by atoms with Gasteiger partial charge in [-0.05, 0) is 18.4 Å². The van der Waals surface area contributed by atoms with Crippen LogP contribution in [-0.2, 0) is 0 Å². The average Bonchev–Trinajstić information content (AvgIpc) is 2.48. The van der Waals surface area contributed by atoms with Crippen LogP contribution in [0.15, 0.2) is 30.3 Å². The van der Waals surface area contributed by atoms with Crippen molar-refractivity contribution in [3.8, 4) is 0 Å². The van der Waals surface area contributed by atoms with E-state index < -0.39 is 0 Å². The first-order chi connectivity index (χ1) is 10.3. The standard InChI is InChI=1S/C17H26N2O2/c20-13-16(14-9-5-4-6-10-14)19-17(21)18-15-11-7-2-1-3-8-12-15/h4-6,9-10,15-16,20H,1-3,7-8,11-13H2,(H2,18,19,21). The number of urea groups is 1. The zero-order chi connectivity index (χ0) is 14.9. The lowest BCUT2D eigenvalue weighted by Crippen LogP contribution is -2.44. The molecule has 1 aromatic rings. The van der Waals surface area contributed by atoms with Gasteiger partial charge in [0.05, 0.1) is 12.6 Å². The van der Waals surface area contributed by atoms with Crippen molar-refractivity contribution in [2.24, 2.45) is 0 Å². The van der Waals surface area contributed by atoms with Gasteiger partial charge < -0.3 is 15.7 Å². The van der Waals surface area contributed by atoms with E-state index in [-0.39, 0.29) is 24.7 Å². The van der Waals surface area contributed by atoms with E-state index in [1.165, 1.54) is 32.1 Å². The first kappa shape index (κ1) is 15.8. The summed E-state index contributed by atoms with van der Waals surface area (Å²) >= 11 is 0. The summed E-state index contributed by atoms with van der Waals surface area (Å²) in [6, 6.07) is 9.31. The van der Waals surface area contributed by atoms with Crippen molar-refractivity contribution in [3.63, 3.8) is 0 Å². The van der Waals surface area contributed by atoms with E-state index in [0.717, 1.165) is 18.4 Å². The Labute approximate surface area is 126 Å². The highest BCUT2D eigenvalue weighted by Crippen LogP contribution is 2.17. The van der Waals surface area contributed by atoms with Crippen LogP contribution in [0.3, 0.4) is 0 Å². The lowest BCUT2D eigenvalue weighted by atomic mass is 9.97. The molecule has 2 amide bonds. The highest BCUT2D eigenvalue weighted by molar-refractivity contribution is 5.74. The molecule has 1 aliphatic rings. The minimum Gasteiger partial charge on any atom is -0.394 e. The molecule has 1 aromatic carbocycles. The predicted octanol–water partition coefficient (Wildman–Crippen LogP) is 3.13. The number of hydrogen-bond donors (Lipinski definition) is 3. The Balaban J connectivity index is 1.84. The lowest BCUT2D eigenvalue weighted by molar-refractivity contribution is 0.212. The number of aliphatic hydroxyl groups excluding tert-OH is 1. The highest BCUT2D eigenvalue weighted by Gasteiger charge is 2.17. The summed E-state index contributed by atoms with van der Waals surface area (Å²) in [5.41, 5.74) is 0.924. The summed E-state index contributed by atoms with van der Waals surface area (Å²) in [4.78, 5) is 12.1. The van der Waals surface area contributed by atoms with Crippen molar-refractivity contribution in [1.29, 1.82) is 0 Å². The summed E-state index contributed by atoms with van der Waals surface area (Å²) in [7, 11) is 0. The van der Waals surface area contributed by atoms with E-state index in [1.807, 2.05) is 30.3 Å². The number of aliphatic hydroxyl groups is 1. The van der Waals surface area contributed by atoms with Crippen molar-refractivity contribution in [3.05, 3.63) is 35.9 Å². The summed E-state index contributed by atoms with van der Waals surface area (Å²) in [6.45, 7) is -0.0951. The molecule has 0 aromatic heterocycles. The van der Waals surface area contributed by atoms with E-state index in [2.05, 4.69) is 10.6 Å². The third-order valence-corrected chi connectivity index (χ3v) is 4.13. The Morgan fingerprint density at radius 3 is 2.33 bits per heavy atom. The van der Waals surface area contributed by atoms with Crippen molar-refractivity contribution in [1.82, 2.24) is 10.6 Å². The molecule has 0 bridgehead atoms. The van der Waals surface area contributed by atoms with Gasteiger partial charge in [-0.3, -0.25) is 0 Å². The molecule has 1 atom stereocenters. The lowest BCUT2D eigenvalue weighted by Gasteiger charge is -2.23. The van der Waals surface area contributed by atoms with Gasteiger partial charge in [0.1, 0.15) is 0 Å². The fraction of sp³-hybridized carbons (Fsp3) is 0.588. The molecule has 0 radical (unpaired) electrons. The van der Waals surface area contributed by atoms with Crippen molar-refractivity contribution in [2.45, 2.75) is 57.0 Å². The minimum atomic E-state index is -0.347. The zero-order valence-corrected chi connectivity index (χ0v) is 12.6. The number of carbonyl (C=O) groups is 1. The summed E-state index contributed by atoms with van der Waals surface area (Å²) < 4.78 is 0. The molecule has 0 heterocycles. The second kappa shape index (κ2) is 8.67. The molecule has 0 spiro atoms. The molecule has 0 aliphatic heterocycles. The molecular formula is C17H26N2O2. The molecule has 1 fully saturated rings. The van der Waals surface area contributed by atoms with Crippen LogP contribution in [-0.4, -0.2) is 23.8 Å². The maximum atomic E-state index is 12.1. The average molecular weight is 290 g/mol. The van der Waals surface area contributed by atoms with Gasteiger partial charge >= 0.3 is 6.03 Å². The van der Waals surface area contributed by atoms with Crippen LogP contribution in [0.1, 0.15) is 56.6 Å². The molecule has 3 N–H and O–H groups in total. The van der Waals surface area contributed by atoms with Crippen LogP contribution in [0.25, 0.3) is 0 Å². The zero-order valence-electron chi connectivity index (χ0n) is 12.6. The molecule has 4 nitrogen and oxygen atoms in total. The Bertz CT molecular complexity index is 414. The Morgan fingerprint density at radius 2 is 1.71 bits per heavy atom. The van der Waals surface area contributed by atoms with Crippen LogP contribution < -0.4 is 10.6 Å². The maximum Gasteiger partial charge on any atom is 0.315 e. The Morgan fingerprint density at radius 1 is 1.10 bits per heavy atom. The molecule has 2 rings (SSSR count). The Kier molecular flexibility index (Phi) is 6.54. The van der Waals surface area contributed by atoms with Gasteiger partial charge in [0.15, 0.2) is 0 Å². The normalized spacial score (nSPS) is 18.3. The molecule has 1 saturated carbocycles. The Hall–Kier alpha value is -1.55. The molecule has 21 heavy (non-hydrogen) atoms. The molecular weight excluding hydrogens is 264 g/mol. The van der Waals surface area contributed by atoms with E-state index in [1.54, 1.807) is 0 Å². The SMILES string of the molecule is O=C(NC1CCCCCCC1)NC(CO)c1ccccc1. The van der Waals surface area contributed by atoms with E-state index in [9.17, 15) is 9.90 Å². The van der Waals surface area contributed by atoms with Gasteiger partial charge in [0, 0.05) is 6.04 Å². The number of hydrogen-bond acceptors (Lipinski definition) is 2.